The molecule has 2 aliphatic rings. The zero-order chi connectivity index (χ0) is 17.1. The fourth-order valence-corrected chi connectivity index (χ4v) is 3.61. The molecule has 0 unspecified atom stereocenters. The lowest BCUT2D eigenvalue weighted by atomic mass is 9.87. The Hall–Kier alpha value is -2.11. The molecule has 1 saturated heterocycles. The second kappa shape index (κ2) is 7.20. The largest absolute Gasteiger partial charge is 0.347 e. The van der Waals surface area contributed by atoms with E-state index in [1.807, 2.05) is 13.1 Å². The molecular formula is C18H26N4O2. The summed E-state index contributed by atoms with van der Waals surface area (Å²) >= 11 is 0. The summed E-state index contributed by atoms with van der Waals surface area (Å²) < 4.78 is 1.75. The minimum Gasteiger partial charge on any atom is -0.347 e. The summed E-state index contributed by atoms with van der Waals surface area (Å²) in [6.45, 7) is 2.26. The average molecular weight is 330 g/mol. The number of rotatable bonds is 3. The molecule has 2 N–H and O–H groups in total. The molecule has 24 heavy (non-hydrogen) atoms. The number of nitrogens with zero attached hydrogens (tertiary/aromatic N) is 2. The monoisotopic (exact) mass is 330 g/mol. The van der Waals surface area contributed by atoms with E-state index in [0.29, 0.717) is 12.8 Å². The standard InChI is InChI=1S/C18H26N4O2/c1-12-3-5-13(6-4-12)11-17(24)20-14-7-8-16(23)21-18(14)15-9-10-19-22(15)2/h9-12,14,18H,3-8H2,1-2H3,(H,20,24)(H,21,23)/t12?,14-,18-/m1/s1. The van der Waals surface area contributed by atoms with Crippen molar-refractivity contribution >= 4 is 11.8 Å². The Morgan fingerprint density at radius 2 is 2.08 bits per heavy atom. The van der Waals surface area contributed by atoms with Gasteiger partial charge in [0.05, 0.1) is 17.8 Å². The van der Waals surface area contributed by atoms with Crippen molar-refractivity contribution in [2.24, 2.45) is 13.0 Å². The summed E-state index contributed by atoms with van der Waals surface area (Å²) in [5.41, 5.74) is 2.15. The van der Waals surface area contributed by atoms with E-state index < -0.39 is 0 Å². The minimum absolute atomic E-state index is 0.0197. The molecule has 1 aromatic rings. The first-order valence-electron chi connectivity index (χ1n) is 8.80. The van der Waals surface area contributed by atoms with Crippen LogP contribution >= 0.6 is 0 Å². The number of hydrogen-bond donors (Lipinski definition) is 2. The van der Waals surface area contributed by atoms with Crippen molar-refractivity contribution in [3.05, 3.63) is 29.6 Å². The number of aryl methyl sites for hydroxylation is 1. The van der Waals surface area contributed by atoms with Crippen molar-refractivity contribution in [3.63, 3.8) is 0 Å². The molecule has 0 spiro atoms. The SMILES string of the molecule is CC1CCC(=CC(=O)N[C@@H]2CCC(=O)N[C@H]2c2ccnn2C)CC1. The highest BCUT2D eigenvalue weighted by atomic mass is 16.2. The molecule has 1 saturated carbocycles. The molecule has 130 valence electrons. The van der Waals surface area contributed by atoms with Gasteiger partial charge in [0.25, 0.3) is 0 Å². The highest BCUT2D eigenvalue weighted by Crippen LogP contribution is 2.28. The molecule has 6 nitrogen and oxygen atoms in total. The van der Waals surface area contributed by atoms with Gasteiger partial charge in [0.2, 0.25) is 11.8 Å². The van der Waals surface area contributed by atoms with Crippen LogP contribution in [-0.4, -0.2) is 27.6 Å². The van der Waals surface area contributed by atoms with Crippen LogP contribution in [0.3, 0.4) is 0 Å². The summed E-state index contributed by atoms with van der Waals surface area (Å²) in [7, 11) is 1.85. The summed E-state index contributed by atoms with van der Waals surface area (Å²) in [6.07, 6.45) is 8.92. The van der Waals surface area contributed by atoms with Crippen LogP contribution in [0.1, 0.15) is 57.2 Å². The number of allylic oxidation sites excluding steroid dienone is 1. The fourth-order valence-electron chi connectivity index (χ4n) is 3.61. The molecule has 2 atom stereocenters. The van der Waals surface area contributed by atoms with Crippen molar-refractivity contribution in [1.82, 2.24) is 20.4 Å². The molecule has 1 aromatic heterocycles. The summed E-state index contributed by atoms with van der Waals surface area (Å²) in [5.74, 6) is 0.729. The first-order chi connectivity index (χ1) is 11.5. The number of amides is 2. The van der Waals surface area contributed by atoms with Crippen LogP contribution in [0.5, 0.6) is 0 Å². The van der Waals surface area contributed by atoms with Crippen molar-refractivity contribution < 1.29 is 9.59 Å². The number of carbonyl (C=O) groups excluding carboxylic acids is 2. The van der Waals surface area contributed by atoms with Gasteiger partial charge in [0, 0.05) is 25.7 Å². The maximum absolute atomic E-state index is 12.4. The Kier molecular flexibility index (Phi) is 5.02. The third-order valence-corrected chi connectivity index (χ3v) is 5.16. The number of nitrogens with one attached hydrogen (secondary N) is 2. The molecule has 2 heterocycles. The van der Waals surface area contributed by atoms with Gasteiger partial charge in [-0.25, -0.2) is 0 Å². The Balaban J connectivity index is 1.68. The Morgan fingerprint density at radius 3 is 2.75 bits per heavy atom. The number of piperidine rings is 1. The molecule has 1 aliphatic heterocycles. The van der Waals surface area contributed by atoms with E-state index in [4.69, 9.17) is 0 Å². The lowest BCUT2D eigenvalue weighted by molar-refractivity contribution is -0.125. The van der Waals surface area contributed by atoms with Gasteiger partial charge in [-0.3, -0.25) is 14.3 Å². The topological polar surface area (TPSA) is 76.0 Å². The van der Waals surface area contributed by atoms with Gasteiger partial charge in [0.15, 0.2) is 0 Å². The Morgan fingerprint density at radius 1 is 1.33 bits per heavy atom. The molecule has 0 bridgehead atoms. The first-order valence-corrected chi connectivity index (χ1v) is 8.80. The molecule has 2 fully saturated rings. The van der Waals surface area contributed by atoms with Crippen molar-refractivity contribution in [2.45, 2.75) is 57.5 Å². The smallest absolute Gasteiger partial charge is 0.244 e. The number of hydrogen-bond acceptors (Lipinski definition) is 3. The number of aromatic nitrogens is 2. The molecule has 3 rings (SSSR count). The van der Waals surface area contributed by atoms with E-state index in [-0.39, 0.29) is 23.9 Å². The Labute approximate surface area is 142 Å². The van der Waals surface area contributed by atoms with Gasteiger partial charge in [-0.15, -0.1) is 0 Å². The summed E-state index contributed by atoms with van der Waals surface area (Å²) in [6, 6.07) is 1.55. The van der Waals surface area contributed by atoms with E-state index in [1.54, 1.807) is 17.0 Å². The van der Waals surface area contributed by atoms with Crippen molar-refractivity contribution in [1.29, 1.82) is 0 Å². The Bertz CT molecular complexity index is 639. The highest BCUT2D eigenvalue weighted by Gasteiger charge is 2.32. The third kappa shape index (κ3) is 3.86. The maximum Gasteiger partial charge on any atom is 0.244 e. The summed E-state index contributed by atoms with van der Waals surface area (Å²) in [4.78, 5) is 24.2. The molecule has 6 heteroatoms. The van der Waals surface area contributed by atoms with Crippen LogP contribution in [0.25, 0.3) is 0 Å². The summed E-state index contributed by atoms with van der Waals surface area (Å²) in [5, 5.41) is 10.3. The van der Waals surface area contributed by atoms with Crippen LogP contribution in [0.4, 0.5) is 0 Å². The van der Waals surface area contributed by atoms with Crippen LogP contribution in [-0.2, 0) is 16.6 Å². The molecule has 1 aliphatic carbocycles. The van der Waals surface area contributed by atoms with Gasteiger partial charge in [-0.05, 0) is 44.1 Å². The quantitative estimate of drug-likeness (QED) is 0.832. The second-order valence-corrected chi connectivity index (χ2v) is 7.06. The van der Waals surface area contributed by atoms with E-state index in [9.17, 15) is 9.59 Å². The first kappa shape index (κ1) is 16.7. The third-order valence-electron chi connectivity index (χ3n) is 5.16. The van der Waals surface area contributed by atoms with Gasteiger partial charge >= 0.3 is 0 Å². The zero-order valence-corrected chi connectivity index (χ0v) is 14.4. The molecule has 2 amide bonds. The van der Waals surface area contributed by atoms with Crippen LogP contribution in [0, 0.1) is 5.92 Å². The predicted octanol–water partition coefficient (Wildman–Crippen LogP) is 1.99. The lowest BCUT2D eigenvalue weighted by Gasteiger charge is -2.32. The van der Waals surface area contributed by atoms with E-state index in [2.05, 4.69) is 22.7 Å². The van der Waals surface area contributed by atoms with E-state index in [0.717, 1.165) is 37.3 Å². The van der Waals surface area contributed by atoms with Crippen LogP contribution in [0.2, 0.25) is 0 Å². The average Bonchev–Trinajstić information content (AvgIpc) is 2.97. The van der Waals surface area contributed by atoms with Crippen LogP contribution < -0.4 is 10.6 Å². The van der Waals surface area contributed by atoms with Gasteiger partial charge in [-0.1, -0.05) is 12.5 Å². The number of carbonyl (C=O) groups is 2. The van der Waals surface area contributed by atoms with Crippen molar-refractivity contribution in [2.75, 3.05) is 0 Å². The van der Waals surface area contributed by atoms with Gasteiger partial charge < -0.3 is 10.6 Å². The van der Waals surface area contributed by atoms with Crippen molar-refractivity contribution in [3.8, 4) is 0 Å². The maximum atomic E-state index is 12.4. The molecular weight excluding hydrogens is 304 g/mol. The van der Waals surface area contributed by atoms with Gasteiger partial charge in [-0.2, -0.15) is 5.10 Å². The zero-order valence-electron chi connectivity index (χ0n) is 14.4. The lowest BCUT2D eigenvalue weighted by Crippen LogP contribution is -2.50. The molecule has 0 aromatic carbocycles. The fraction of sp³-hybridized carbons (Fsp3) is 0.611. The van der Waals surface area contributed by atoms with E-state index >= 15 is 0 Å². The predicted molar refractivity (Wildman–Crippen MR) is 91.0 cm³/mol. The molecule has 0 radical (unpaired) electrons. The highest BCUT2D eigenvalue weighted by molar-refractivity contribution is 5.89. The van der Waals surface area contributed by atoms with E-state index in [1.165, 1.54) is 5.57 Å². The normalized spacial score (nSPS) is 27.5. The second-order valence-electron chi connectivity index (χ2n) is 7.06. The van der Waals surface area contributed by atoms with Crippen LogP contribution in [0.15, 0.2) is 23.9 Å². The minimum atomic E-state index is -0.229. The van der Waals surface area contributed by atoms with Gasteiger partial charge in [0.1, 0.15) is 0 Å².